The molecule has 0 radical (unpaired) electrons. The number of hydrogen-bond donors (Lipinski definition) is 7. The van der Waals surface area contributed by atoms with E-state index in [1.165, 1.54) is 12.5 Å². The maximum Gasteiger partial charge on any atom is 0.405 e. The van der Waals surface area contributed by atoms with Crippen molar-refractivity contribution in [3.8, 4) is 0 Å². The molecule has 5 unspecified atom stereocenters. The highest BCUT2D eigenvalue weighted by Crippen LogP contribution is 2.17. The van der Waals surface area contributed by atoms with Gasteiger partial charge in [-0.2, -0.15) is 0 Å². The third-order valence-corrected chi connectivity index (χ3v) is 7.85. The Balaban J connectivity index is 1.80. The number of primary amides is 1. The number of carboxylic acid groups (broad SMARTS) is 1. The normalized spacial score (nSPS) is 14.3. The third kappa shape index (κ3) is 10.7. The van der Waals surface area contributed by atoms with Gasteiger partial charge in [-0.25, -0.2) is 9.78 Å². The minimum Gasteiger partial charge on any atom is -0.465 e. The molecule has 0 fully saturated rings. The number of H-pyrrole nitrogens is 1. The van der Waals surface area contributed by atoms with Crippen molar-refractivity contribution in [2.45, 2.75) is 77.5 Å². The van der Waals surface area contributed by atoms with E-state index in [-0.39, 0.29) is 25.2 Å². The third-order valence-electron chi connectivity index (χ3n) is 7.85. The van der Waals surface area contributed by atoms with Crippen LogP contribution in [-0.2, 0) is 36.8 Å². The summed E-state index contributed by atoms with van der Waals surface area (Å²) >= 11 is 0. The number of aromatic amines is 1. The van der Waals surface area contributed by atoms with Crippen molar-refractivity contribution in [1.82, 2.24) is 31.2 Å². The first kappa shape index (κ1) is 36.2. The van der Waals surface area contributed by atoms with Crippen molar-refractivity contribution < 1.29 is 33.9 Å². The smallest absolute Gasteiger partial charge is 0.405 e. The molecule has 252 valence electrons. The van der Waals surface area contributed by atoms with Gasteiger partial charge in [0.2, 0.25) is 23.5 Å². The molecule has 1 aromatic heterocycles. The average molecular weight is 650 g/mol. The number of nitrogens with one attached hydrogen (secondary N) is 5. The van der Waals surface area contributed by atoms with Gasteiger partial charge in [0.05, 0.1) is 12.4 Å². The summed E-state index contributed by atoms with van der Waals surface area (Å²) in [5.74, 6) is -5.04. The first-order valence-corrected chi connectivity index (χ1v) is 15.5. The van der Waals surface area contributed by atoms with Crippen molar-refractivity contribution in [3.63, 3.8) is 0 Å². The van der Waals surface area contributed by atoms with Crippen LogP contribution in [0.25, 0.3) is 10.8 Å². The summed E-state index contributed by atoms with van der Waals surface area (Å²) in [5, 5.41) is 20.9. The maximum atomic E-state index is 13.6. The molecule has 2 aromatic carbocycles. The molecule has 0 bridgehead atoms. The minimum atomic E-state index is -1.41. The lowest BCUT2D eigenvalue weighted by Crippen LogP contribution is -2.59. The Bertz CT molecular complexity index is 1570. The molecule has 8 N–H and O–H groups in total. The van der Waals surface area contributed by atoms with Gasteiger partial charge in [-0.05, 0) is 34.6 Å². The predicted octanol–water partition coefficient (Wildman–Crippen LogP) is 1.59. The lowest BCUT2D eigenvalue weighted by Gasteiger charge is -2.27. The SMILES string of the molecule is CCC(C)C(NC(=O)C(CC(C)C)NC(=O)O)C(=O)C(=O)NC(Cc1cnc[nH]1)C(=O)NC(Cc1ccc2ccccc2c1)C(N)=O. The number of ketones is 1. The standard InChI is InChI=1S/C33H43N7O7/c1-5-19(4)27(40-31(44)25(12-18(2)3)39-33(46)47)28(41)32(45)38-26(15-23-16-35-17-36-23)30(43)37-24(29(34)42)14-20-10-11-21-8-6-7-9-22(21)13-20/h6-11,13,16-19,24-27,39H,5,12,14-15H2,1-4H3,(H2,34,42)(H,35,36)(H,37,43)(H,38,45)(H,40,44)(H,46,47). The van der Waals surface area contributed by atoms with E-state index in [0.717, 1.165) is 16.3 Å². The van der Waals surface area contributed by atoms with E-state index >= 15 is 0 Å². The molecule has 5 atom stereocenters. The first-order chi connectivity index (χ1) is 22.3. The summed E-state index contributed by atoms with van der Waals surface area (Å²) < 4.78 is 0. The number of aromatic nitrogens is 2. The molecule has 0 saturated carbocycles. The number of benzene rings is 2. The predicted molar refractivity (Wildman–Crippen MR) is 174 cm³/mol. The van der Waals surface area contributed by atoms with Crippen molar-refractivity contribution in [1.29, 1.82) is 0 Å². The number of hydrogen-bond acceptors (Lipinski definition) is 7. The number of nitrogens with zero attached hydrogens (tertiary/aromatic N) is 1. The molecule has 0 aliphatic heterocycles. The second-order valence-electron chi connectivity index (χ2n) is 12.0. The average Bonchev–Trinajstić information content (AvgIpc) is 3.54. The van der Waals surface area contributed by atoms with Gasteiger partial charge in [0.15, 0.2) is 0 Å². The number of imidazole rings is 1. The Hall–Kier alpha value is -5.27. The highest BCUT2D eigenvalue weighted by atomic mass is 16.4. The van der Waals surface area contributed by atoms with Crippen LogP contribution in [0.3, 0.4) is 0 Å². The second-order valence-corrected chi connectivity index (χ2v) is 12.0. The van der Waals surface area contributed by atoms with Gasteiger partial charge in [-0.15, -0.1) is 0 Å². The summed E-state index contributed by atoms with van der Waals surface area (Å²) in [6, 6.07) is 8.36. The van der Waals surface area contributed by atoms with Gasteiger partial charge in [-0.3, -0.25) is 24.0 Å². The Labute approximate surface area is 272 Å². The second kappa shape index (κ2) is 16.9. The zero-order valence-corrected chi connectivity index (χ0v) is 26.9. The van der Waals surface area contributed by atoms with E-state index in [4.69, 9.17) is 5.73 Å². The van der Waals surface area contributed by atoms with Crippen molar-refractivity contribution in [2.75, 3.05) is 0 Å². The van der Waals surface area contributed by atoms with Gasteiger partial charge in [0.25, 0.3) is 5.91 Å². The van der Waals surface area contributed by atoms with Crippen molar-refractivity contribution in [3.05, 3.63) is 66.2 Å². The zero-order chi connectivity index (χ0) is 34.7. The number of carbonyl (C=O) groups excluding carboxylic acids is 5. The quantitative estimate of drug-likeness (QED) is 0.106. The topological polar surface area (TPSA) is 225 Å². The summed E-state index contributed by atoms with van der Waals surface area (Å²) in [6.45, 7) is 7.05. The minimum absolute atomic E-state index is 0.0501. The summed E-state index contributed by atoms with van der Waals surface area (Å²) in [4.78, 5) is 84.0. The Kier molecular flexibility index (Phi) is 13.0. The van der Waals surface area contributed by atoms with Crippen LogP contribution < -0.4 is 27.0 Å². The number of fused-ring (bicyclic) bond motifs is 1. The van der Waals surface area contributed by atoms with Crippen LogP contribution in [0.15, 0.2) is 55.0 Å². The van der Waals surface area contributed by atoms with E-state index in [2.05, 4.69) is 31.2 Å². The van der Waals surface area contributed by atoms with Gasteiger partial charge in [0, 0.05) is 24.7 Å². The van der Waals surface area contributed by atoms with Crippen LogP contribution in [0, 0.1) is 11.8 Å². The number of carbonyl (C=O) groups is 6. The molecule has 0 spiro atoms. The van der Waals surface area contributed by atoms with Gasteiger partial charge >= 0.3 is 6.09 Å². The molecule has 0 aliphatic carbocycles. The molecule has 3 rings (SSSR count). The van der Waals surface area contributed by atoms with Gasteiger partial charge < -0.3 is 37.1 Å². The highest BCUT2D eigenvalue weighted by molar-refractivity contribution is 6.39. The van der Waals surface area contributed by atoms with E-state index in [1.807, 2.05) is 56.3 Å². The van der Waals surface area contributed by atoms with E-state index < -0.39 is 65.6 Å². The van der Waals surface area contributed by atoms with Crippen molar-refractivity contribution >= 4 is 46.3 Å². The summed E-state index contributed by atoms with van der Waals surface area (Å²) in [6.07, 6.45) is 1.97. The maximum absolute atomic E-state index is 13.6. The highest BCUT2D eigenvalue weighted by Gasteiger charge is 2.36. The molecule has 5 amide bonds. The first-order valence-electron chi connectivity index (χ1n) is 15.5. The zero-order valence-electron chi connectivity index (χ0n) is 26.9. The largest absolute Gasteiger partial charge is 0.465 e. The number of Topliss-reactive ketones (excluding diaryl/α,β-unsaturated/α-hetero) is 1. The number of amides is 5. The fourth-order valence-electron chi connectivity index (χ4n) is 5.10. The lowest BCUT2D eigenvalue weighted by molar-refractivity contribution is -0.142. The molecule has 3 aromatic rings. The van der Waals surface area contributed by atoms with Crippen LogP contribution >= 0.6 is 0 Å². The molecule has 14 heteroatoms. The monoisotopic (exact) mass is 649 g/mol. The van der Waals surface area contributed by atoms with E-state index in [0.29, 0.717) is 12.1 Å². The van der Waals surface area contributed by atoms with E-state index in [9.17, 15) is 33.9 Å². The van der Waals surface area contributed by atoms with Crippen LogP contribution in [-0.4, -0.2) is 74.7 Å². The molecule has 0 saturated heterocycles. The fraction of sp³-hybridized carbons (Fsp3) is 0.424. The van der Waals surface area contributed by atoms with Crippen molar-refractivity contribution in [2.24, 2.45) is 17.6 Å². The Morgan fingerprint density at radius 3 is 2.13 bits per heavy atom. The number of nitrogens with two attached hydrogens (primary N) is 1. The molecular weight excluding hydrogens is 606 g/mol. The molecule has 14 nitrogen and oxygen atoms in total. The van der Waals surface area contributed by atoms with Crippen LogP contribution in [0.4, 0.5) is 4.79 Å². The van der Waals surface area contributed by atoms with E-state index in [1.54, 1.807) is 13.8 Å². The van der Waals surface area contributed by atoms with Crippen LogP contribution in [0.2, 0.25) is 0 Å². The Morgan fingerprint density at radius 1 is 0.851 bits per heavy atom. The van der Waals surface area contributed by atoms with Gasteiger partial charge in [0.1, 0.15) is 18.1 Å². The van der Waals surface area contributed by atoms with Gasteiger partial charge in [-0.1, -0.05) is 76.6 Å². The number of rotatable bonds is 17. The fourth-order valence-corrected chi connectivity index (χ4v) is 5.10. The molecule has 47 heavy (non-hydrogen) atoms. The lowest BCUT2D eigenvalue weighted by atomic mass is 9.93. The molecular formula is C33H43N7O7. The summed E-state index contributed by atoms with van der Waals surface area (Å²) in [7, 11) is 0. The van der Waals surface area contributed by atoms with Crippen LogP contribution in [0.1, 0.15) is 51.8 Å². The summed E-state index contributed by atoms with van der Waals surface area (Å²) in [5.41, 5.74) is 6.87. The molecule has 0 aliphatic rings. The Morgan fingerprint density at radius 2 is 1.53 bits per heavy atom. The van der Waals surface area contributed by atoms with Crippen LogP contribution in [0.5, 0.6) is 0 Å². The molecule has 1 heterocycles.